The third-order valence-electron chi connectivity index (χ3n) is 4.81. The van der Waals surface area contributed by atoms with E-state index in [1.807, 2.05) is 28.8 Å². The molecule has 1 amide bonds. The molecule has 0 radical (unpaired) electrons. The second-order valence-corrected chi connectivity index (χ2v) is 9.53. The fraction of sp³-hybridized carbons (Fsp3) is 0.190. The number of benzene rings is 2. The lowest BCUT2D eigenvalue weighted by atomic mass is 10.2. The molecule has 0 saturated carbocycles. The molecule has 0 atom stereocenters. The van der Waals surface area contributed by atoms with Gasteiger partial charge in [-0.15, -0.1) is 16.8 Å². The average Bonchev–Trinajstić information content (AvgIpc) is 3.26. The van der Waals surface area contributed by atoms with Crippen LogP contribution in [0.1, 0.15) is 10.4 Å². The lowest BCUT2D eigenvalue weighted by Crippen LogP contribution is -2.32. The molecule has 1 aromatic heterocycles. The van der Waals surface area contributed by atoms with Crippen molar-refractivity contribution in [1.82, 2.24) is 19.1 Å². The van der Waals surface area contributed by atoms with E-state index in [9.17, 15) is 13.2 Å². The number of rotatable bonds is 8. The van der Waals surface area contributed by atoms with Crippen LogP contribution in [-0.2, 0) is 16.6 Å². The highest BCUT2D eigenvalue weighted by Gasteiger charge is 2.40. The van der Waals surface area contributed by atoms with Gasteiger partial charge in [-0.05, 0) is 24.3 Å². The van der Waals surface area contributed by atoms with Crippen LogP contribution in [0.4, 0.5) is 0 Å². The van der Waals surface area contributed by atoms with Gasteiger partial charge >= 0.3 is 0 Å². The first kappa shape index (κ1) is 21.1. The van der Waals surface area contributed by atoms with Gasteiger partial charge in [-0.25, -0.2) is 12.7 Å². The highest BCUT2D eigenvalue weighted by molar-refractivity contribution is 7.99. The van der Waals surface area contributed by atoms with E-state index in [-0.39, 0.29) is 17.0 Å². The minimum atomic E-state index is -3.82. The molecule has 8 nitrogen and oxygen atoms in total. The molecule has 31 heavy (non-hydrogen) atoms. The first-order valence-electron chi connectivity index (χ1n) is 9.45. The number of fused-ring (bicyclic) bond motifs is 1. The largest absolute Gasteiger partial charge is 0.496 e. The zero-order valence-corrected chi connectivity index (χ0v) is 18.4. The van der Waals surface area contributed by atoms with E-state index in [2.05, 4.69) is 16.8 Å². The number of allylic oxidation sites excluding steroid dienone is 1. The van der Waals surface area contributed by atoms with E-state index in [4.69, 9.17) is 4.74 Å². The summed E-state index contributed by atoms with van der Waals surface area (Å²) in [6, 6.07) is 13.7. The summed E-state index contributed by atoms with van der Waals surface area (Å²) < 4.78 is 33.6. The van der Waals surface area contributed by atoms with Crippen molar-refractivity contribution < 1.29 is 17.9 Å². The summed E-state index contributed by atoms with van der Waals surface area (Å²) in [6.45, 7) is 4.30. The van der Waals surface area contributed by atoms with E-state index in [0.29, 0.717) is 29.0 Å². The Labute approximate surface area is 184 Å². The second-order valence-electron chi connectivity index (χ2n) is 6.63. The van der Waals surface area contributed by atoms with Crippen molar-refractivity contribution in [3.8, 4) is 17.1 Å². The van der Waals surface area contributed by atoms with E-state index in [0.717, 1.165) is 9.87 Å². The molecule has 2 heterocycles. The first-order valence-corrected chi connectivity index (χ1v) is 11.9. The molecular weight excluding hydrogens is 436 g/mol. The van der Waals surface area contributed by atoms with Crippen LogP contribution in [0.3, 0.4) is 0 Å². The molecule has 0 saturated heterocycles. The second kappa shape index (κ2) is 8.56. The number of hydrogen-bond acceptors (Lipinski definition) is 7. The van der Waals surface area contributed by atoms with Crippen molar-refractivity contribution in [1.29, 1.82) is 0 Å². The van der Waals surface area contributed by atoms with Crippen LogP contribution < -0.4 is 4.74 Å². The number of thioether (sulfide) groups is 1. The number of aromatic nitrogens is 3. The maximum absolute atomic E-state index is 12.7. The average molecular weight is 457 g/mol. The monoisotopic (exact) mass is 456 g/mol. The molecule has 1 aliphatic heterocycles. The molecule has 160 valence electrons. The normalized spacial score (nSPS) is 14.5. The van der Waals surface area contributed by atoms with E-state index in [1.54, 1.807) is 25.3 Å². The van der Waals surface area contributed by atoms with Crippen LogP contribution in [-0.4, -0.2) is 52.8 Å². The van der Waals surface area contributed by atoms with Crippen molar-refractivity contribution in [3.63, 3.8) is 0 Å². The van der Waals surface area contributed by atoms with E-state index < -0.39 is 15.9 Å². The predicted octanol–water partition coefficient (Wildman–Crippen LogP) is 3.08. The Hall–Kier alpha value is -3.11. The standard InChI is InChI=1S/C21H20N4O4S2/c1-3-12-24-19(15-8-4-6-10-17(15)29-2)22-23-21(24)30-14-13-25-20(26)16-9-5-7-11-18(16)31(25,27)28/h3-11H,1,12-14H2,2H3. The summed E-state index contributed by atoms with van der Waals surface area (Å²) in [4.78, 5) is 12.6. The lowest BCUT2D eigenvalue weighted by Gasteiger charge is -2.15. The quantitative estimate of drug-likeness (QED) is 0.380. The molecule has 10 heteroatoms. The molecule has 4 rings (SSSR count). The molecule has 0 unspecified atom stereocenters. The van der Waals surface area contributed by atoms with Gasteiger partial charge in [-0.2, -0.15) is 0 Å². The summed E-state index contributed by atoms with van der Waals surface area (Å²) in [5.41, 5.74) is 1.000. The molecule has 0 N–H and O–H groups in total. The molecule has 0 fully saturated rings. The molecule has 1 aliphatic rings. The number of carbonyl (C=O) groups is 1. The van der Waals surface area contributed by atoms with Gasteiger partial charge in [0, 0.05) is 18.8 Å². The SMILES string of the molecule is C=CCn1c(SCCN2C(=O)c3ccccc3S2(=O)=O)nnc1-c1ccccc1OC. The lowest BCUT2D eigenvalue weighted by molar-refractivity contribution is 0.0876. The molecule has 0 spiro atoms. The Balaban J connectivity index is 1.54. The van der Waals surface area contributed by atoms with Gasteiger partial charge in [0.1, 0.15) is 10.6 Å². The minimum Gasteiger partial charge on any atom is -0.496 e. The Kier molecular flexibility index (Phi) is 5.84. The number of hydrogen-bond donors (Lipinski definition) is 0. The van der Waals surface area contributed by atoms with Crippen LogP contribution in [0.25, 0.3) is 11.4 Å². The first-order chi connectivity index (χ1) is 15.0. The molecule has 2 aromatic carbocycles. The Morgan fingerprint density at radius 3 is 2.52 bits per heavy atom. The van der Waals surface area contributed by atoms with Crippen molar-refractivity contribution in [2.24, 2.45) is 0 Å². The minimum absolute atomic E-state index is 0.0332. The maximum Gasteiger partial charge on any atom is 0.269 e. The Bertz CT molecular complexity index is 1250. The fourth-order valence-electron chi connectivity index (χ4n) is 3.39. The van der Waals surface area contributed by atoms with Gasteiger partial charge in [0.25, 0.3) is 15.9 Å². The summed E-state index contributed by atoms with van der Waals surface area (Å²) >= 11 is 1.33. The van der Waals surface area contributed by atoms with Gasteiger partial charge in [0.05, 0.1) is 18.2 Å². The van der Waals surface area contributed by atoms with Crippen LogP contribution in [0, 0.1) is 0 Å². The zero-order chi connectivity index (χ0) is 22.0. The predicted molar refractivity (Wildman–Crippen MR) is 118 cm³/mol. The van der Waals surface area contributed by atoms with Crippen LogP contribution in [0.15, 0.2) is 71.2 Å². The molecule has 0 bridgehead atoms. The Morgan fingerprint density at radius 2 is 1.81 bits per heavy atom. The van der Waals surface area contributed by atoms with Crippen molar-refractivity contribution in [2.45, 2.75) is 16.6 Å². The van der Waals surface area contributed by atoms with Gasteiger partial charge in [0.2, 0.25) is 0 Å². The smallest absolute Gasteiger partial charge is 0.269 e. The third kappa shape index (κ3) is 3.72. The summed E-state index contributed by atoms with van der Waals surface area (Å²) in [5.74, 6) is 1.12. The van der Waals surface area contributed by atoms with E-state index >= 15 is 0 Å². The van der Waals surface area contributed by atoms with Gasteiger partial charge in [0.15, 0.2) is 11.0 Å². The number of amides is 1. The number of para-hydroxylation sites is 1. The highest BCUT2D eigenvalue weighted by Crippen LogP contribution is 2.32. The van der Waals surface area contributed by atoms with Crippen molar-refractivity contribution in [3.05, 3.63) is 66.7 Å². The van der Waals surface area contributed by atoms with Crippen LogP contribution >= 0.6 is 11.8 Å². The zero-order valence-electron chi connectivity index (χ0n) is 16.8. The van der Waals surface area contributed by atoms with Crippen LogP contribution in [0.5, 0.6) is 5.75 Å². The number of sulfonamides is 1. The maximum atomic E-state index is 12.7. The van der Waals surface area contributed by atoms with Gasteiger partial charge in [-0.1, -0.05) is 42.1 Å². The summed E-state index contributed by atoms with van der Waals surface area (Å²) in [6.07, 6.45) is 1.73. The number of carbonyl (C=O) groups excluding carboxylic acids is 1. The number of methoxy groups -OCH3 is 1. The molecule has 3 aromatic rings. The Morgan fingerprint density at radius 1 is 1.10 bits per heavy atom. The van der Waals surface area contributed by atoms with Gasteiger partial charge < -0.3 is 4.74 Å². The van der Waals surface area contributed by atoms with Gasteiger partial charge in [-0.3, -0.25) is 9.36 Å². The number of ether oxygens (including phenoxy) is 1. The summed E-state index contributed by atoms with van der Waals surface area (Å²) in [5, 5.41) is 9.17. The third-order valence-corrected chi connectivity index (χ3v) is 7.60. The number of nitrogens with zero attached hydrogens (tertiary/aromatic N) is 4. The topological polar surface area (TPSA) is 94.4 Å². The van der Waals surface area contributed by atoms with Crippen molar-refractivity contribution >= 4 is 27.7 Å². The molecule has 0 aliphatic carbocycles. The summed E-state index contributed by atoms with van der Waals surface area (Å²) in [7, 11) is -2.23. The fourth-order valence-corrected chi connectivity index (χ4v) is 5.95. The van der Waals surface area contributed by atoms with Crippen molar-refractivity contribution in [2.75, 3.05) is 19.4 Å². The molecular formula is C21H20N4O4S2. The van der Waals surface area contributed by atoms with E-state index in [1.165, 1.54) is 23.9 Å². The van der Waals surface area contributed by atoms with Crippen LogP contribution in [0.2, 0.25) is 0 Å². The highest BCUT2D eigenvalue weighted by atomic mass is 32.2.